The molecule has 1 aliphatic rings. The largest absolute Gasteiger partial charge is 0.465 e. The van der Waals surface area contributed by atoms with Crippen molar-refractivity contribution in [2.24, 2.45) is 0 Å². The maximum absolute atomic E-state index is 10.9. The summed E-state index contributed by atoms with van der Waals surface area (Å²) >= 11 is 5.96. The van der Waals surface area contributed by atoms with Gasteiger partial charge in [0.05, 0.1) is 5.52 Å². The number of rotatable bonds is 2. The second-order valence-corrected chi connectivity index (χ2v) is 5.38. The maximum atomic E-state index is 10.9. The summed E-state index contributed by atoms with van der Waals surface area (Å²) in [6, 6.07) is 7.86. The molecule has 21 heavy (non-hydrogen) atoms. The number of carboxylic acid groups (broad SMARTS) is 1. The van der Waals surface area contributed by atoms with E-state index in [9.17, 15) is 4.79 Å². The summed E-state index contributed by atoms with van der Waals surface area (Å²) in [5.41, 5.74) is 0.794. The van der Waals surface area contributed by atoms with Crippen LogP contribution < -0.4 is 5.32 Å². The first-order chi connectivity index (χ1) is 10.1. The molecule has 1 amide bonds. The number of nitrogens with one attached hydrogen (secondary N) is 1. The van der Waals surface area contributed by atoms with Crippen molar-refractivity contribution >= 4 is 34.4 Å². The van der Waals surface area contributed by atoms with Gasteiger partial charge in [-0.15, -0.1) is 0 Å². The summed E-state index contributed by atoms with van der Waals surface area (Å²) in [6.45, 7) is 1.06. The number of hydrogen-bond donors (Lipinski definition) is 2. The molecule has 6 nitrogen and oxygen atoms in total. The Morgan fingerprint density at radius 1 is 1.29 bits per heavy atom. The highest BCUT2D eigenvalue weighted by atomic mass is 35.5. The lowest BCUT2D eigenvalue weighted by atomic mass is 10.1. The predicted octanol–water partition coefficient (Wildman–Crippen LogP) is 2.84. The number of nitrogens with zero attached hydrogens (tertiary/aromatic N) is 3. The highest BCUT2D eigenvalue weighted by Crippen LogP contribution is 2.24. The molecule has 2 N–H and O–H groups in total. The fourth-order valence-corrected chi connectivity index (χ4v) is 2.74. The van der Waals surface area contributed by atoms with Gasteiger partial charge >= 0.3 is 6.09 Å². The second-order valence-electron chi connectivity index (χ2n) is 5.05. The van der Waals surface area contributed by atoms with Crippen molar-refractivity contribution in [3.63, 3.8) is 0 Å². The van der Waals surface area contributed by atoms with E-state index in [0.29, 0.717) is 18.9 Å². The van der Waals surface area contributed by atoms with Crippen LogP contribution in [0.3, 0.4) is 0 Å². The Morgan fingerprint density at radius 3 is 2.71 bits per heavy atom. The van der Waals surface area contributed by atoms with Crippen LogP contribution in [0.4, 0.5) is 10.6 Å². The molecule has 1 aromatic heterocycles. The maximum Gasteiger partial charge on any atom is 0.407 e. The van der Waals surface area contributed by atoms with Gasteiger partial charge in [-0.2, -0.15) is 0 Å². The lowest BCUT2D eigenvalue weighted by Gasteiger charge is -2.30. The Labute approximate surface area is 126 Å². The molecule has 1 fully saturated rings. The van der Waals surface area contributed by atoms with Gasteiger partial charge in [-0.3, -0.25) is 0 Å². The molecule has 0 aliphatic carbocycles. The number of hydrogen-bond acceptors (Lipinski definition) is 4. The molecule has 0 radical (unpaired) electrons. The summed E-state index contributed by atoms with van der Waals surface area (Å²) in [5.74, 6) is 0.708. The standard InChI is InChI=1S/C14H15ClN4O2/c15-13-17-11-4-2-1-3-10(11)12(18-13)16-9-5-7-19(8-6-9)14(20)21/h1-4,9H,5-8H2,(H,20,21)(H,16,17,18). The van der Waals surface area contributed by atoms with Crippen LogP contribution in [0.5, 0.6) is 0 Å². The molecule has 110 valence electrons. The monoisotopic (exact) mass is 306 g/mol. The first kappa shape index (κ1) is 13.9. The Balaban J connectivity index is 1.78. The quantitative estimate of drug-likeness (QED) is 0.834. The number of halogens is 1. The third-order valence-corrected chi connectivity index (χ3v) is 3.85. The topological polar surface area (TPSA) is 78.4 Å². The molecule has 0 spiro atoms. The minimum Gasteiger partial charge on any atom is -0.465 e. The smallest absolute Gasteiger partial charge is 0.407 e. The fourth-order valence-electron chi connectivity index (χ4n) is 2.57. The molecule has 2 aromatic rings. The summed E-state index contributed by atoms with van der Waals surface area (Å²) < 4.78 is 0. The molecule has 1 saturated heterocycles. The number of para-hydroxylation sites is 1. The summed E-state index contributed by atoms with van der Waals surface area (Å²) in [6.07, 6.45) is 0.647. The van der Waals surface area contributed by atoms with Crippen molar-refractivity contribution in [2.75, 3.05) is 18.4 Å². The second kappa shape index (κ2) is 5.73. The van der Waals surface area contributed by atoms with E-state index in [1.165, 1.54) is 4.90 Å². The van der Waals surface area contributed by atoms with Gasteiger partial charge < -0.3 is 15.3 Å². The zero-order chi connectivity index (χ0) is 14.8. The number of piperidine rings is 1. The van der Waals surface area contributed by atoms with Crippen LogP contribution in [-0.4, -0.2) is 45.2 Å². The van der Waals surface area contributed by atoms with E-state index in [4.69, 9.17) is 16.7 Å². The minimum absolute atomic E-state index is 0.190. The fraction of sp³-hybridized carbons (Fsp3) is 0.357. The summed E-state index contributed by atoms with van der Waals surface area (Å²) in [5, 5.41) is 13.5. The van der Waals surface area contributed by atoms with Crippen molar-refractivity contribution in [3.05, 3.63) is 29.5 Å². The molecular weight excluding hydrogens is 292 g/mol. The normalized spacial score (nSPS) is 16.1. The average Bonchev–Trinajstić information content (AvgIpc) is 2.47. The molecule has 2 heterocycles. The Bertz CT molecular complexity index is 671. The van der Waals surface area contributed by atoms with Crippen LogP contribution in [0.25, 0.3) is 10.9 Å². The summed E-state index contributed by atoms with van der Waals surface area (Å²) in [7, 11) is 0. The number of aromatic nitrogens is 2. The van der Waals surface area contributed by atoms with Crippen molar-refractivity contribution in [3.8, 4) is 0 Å². The van der Waals surface area contributed by atoms with Crippen LogP contribution in [0.15, 0.2) is 24.3 Å². The van der Waals surface area contributed by atoms with Gasteiger partial charge in [0.25, 0.3) is 0 Å². The van der Waals surface area contributed by atoms with Crippen molar-refractivity contribution < 1.29 is 9.90 Å². The molecule has 0 unspecified atom stereocenters. The van der Waals surface area contributed by atoms with Crippen molar-refractivity contribution in [1.82, 2.24) is 14.9 Å². The van der Waals surface area contributed by atoms with Crippen LogP contribution in [0.1, 0.15) is 12.8 Å². The molecule has 0 bridgehead atoms. The van der Waals surface area contributed by atoms with Gasteiger partial charge in [-0.1, -0.05) is 12.1 Å². The van der Waals surface area contributed by atoms with E-state index in [0.717, 1.165) is 23.7 Å². The molecule has 7 heteroatoms. The number of fused-ring (bicyclic) bond motifs is 1. The number of carbonyl (C=O) groups is 1. The van der Waals surface area contributed by atoms with Gasteiger partial charge in [-0.05, 0) is 36.6 Å². The summed E-state index contributed by atoms with van der Waals surface area (Å²) in [4.78, 5) is 20.8. The Hall–Kier alpha value is -2.08. The third-order valence-electron chi connectivity index (χ3n) is 3.68. The molecular formula is C14H15ClN4O2. The van der Waals surface area contributed by atoms with Crippen LogP contribution >= 0.6 is 11.6 Å². The Morgan fingerprint density at radius 2 is 2.00 bits per heavy atom. The van der Waals surface area contributed by atoms with E-state index in [2.05, 4.69) is 15.3 Å². The first-order valence-electron chi connectivity index (χ1n) is 6.80. The van der Waals surface area contributed by atoms with E-state index in [1.54, 1.807) is 0 Å². The van der Waals surface area contributed by atoms with Gasteiger partial charge in [0.2, 0.25) is 5.28 Å². The molecule has 3 rings (SSSR count). The first-order valence-corrected chi connectivity index (χ1v) is 7.18. The number of anilines is 1. The van der Waals surface area contributed by atoms with Crippen LogP contribution in [0, 0.1) is 0 Å². The minimum atomic E-state index is -0.857. The van der Waals surface area contributed by atoms with Crippen molar-refractivity contribution in [1.29, 1.82) is 0 Å². The molecule has 1 aliphatic heterocycles. The number of amides is 1. The highest BCUT2D eigenvalue weighted by Gasteiger charge is 2.23. The lowest BCUT2D eigenvalue weighted by Crippen LogP contribution is -2.41. The van der Waals surface area contributed by atoms with E-state index in [1.807, 2.05) is 24.3 Å². The molecule has 1 aromatic carbocycles. The molecule has 0 saturated carbocycles. The van der Waals surface area contributed by atoms with E-state index >= 15 is 0 Å². The average molecular weight is 307 g/mol. The van der Waals surface area contributed by atoms with Crippen LogP contribution in [-0.2, 0) is 0 Å². The number of likely N-dealkylation sites (tertiary alicyclic amines) is 1. The zero-order valence-corrected chi connectivity index (χ0v) is 12.0. The van der Waals surface area contributed by atoms with Gasteiger partial charge in [-0.25, -0.2) is 14.8 Å². The van der Waals surface area contributed by atoms with E-state index in [-0.39, 0.29) is 11.3 Å². The number of benzene rings is 1. The van der Waals surface area contributed by atoms with E-state index < -0.39 is 6.09 Å². The van der Waals surface area contributed by atoms with Gasteiger partial charge in [0.1, 0.15) is 5.82 Å². The lowest BCUT2D eigenvalue weighted by molar-refractivity contribution is 0.134. The SMILES string of the molecule is O=C(O)N1CCC(Nc2nc(Cl)nc3ccccc23)CC1. The third kappa shape index (κ3) is 3.00. The molecule has 0 atom stereocenters. The van der Waals surface area contributed by atoms with Crippen LogP contribution in [0.2, 0.25) is 5.28 Å². The van der Waals surface area contributed by atoms with Gasteiger partial charge in [0.15, 0.2) is 0 Å². The van der Waals surface area contributed by atoms with Gasteiger partial charge in [0, 0.05) is 24.5 Å². The predicted molar refractivity (Wildman–Crippen MR) is 80.8 cm³/mol. The highest BCUT2D eigenvalue weighted by molar-refractivity contribution is 6.28. The van der Waals surface area contributed by atoms with Crippen molar-refractivity contribution in [2.45, 2.75) is 18.9 Å². The zero-order valence-electron chi connectivity index (χ0n) is 11.3. The Kier molecular flexibility index (Phi) is 3.79.